The van der Waals surface area contributed by atoms with Gasteiger partial charge in [0.2, 0.25) is 6.29 Å². The van der Waals surface area contributed by atoms with Gasteiger partial charge in [-0.25, -0.2) is 14.4 Å². The minimum Gasteiger partial charge on any atom is -0.461 e. The number of hydrogen-bond donors (Lipinski definition) is 2. The van der Waals surface area contributed by atoms with Crippen LogP contribution in [0.25, 0.3) is 22.6 Å². The van der Waals surface area contributed by atoms with Crippen molar-refractivity contribution >= 4 is 5.91 Å². The number of aromatic nitrogens is 4. The molecular formula is C29H30FN5O5. The van der Waals surface area contributed by atoms with Crippen molar-refractivity contribution in [2.24, 2.45) is 5.41 Å². The quantitative estimate of drug-likeness (QED) is 0.284. The van der Waals surface area contributed by atoms with Crippen molar-refractivity contribution in [3.63, 3.8) is 0 Å². The van der Waals surface area contributed by atoms with Gasteiger partial charge in [-0.15, -0.1) is 0 Å². The smallest absolute Gasteiger partial charge is 0.317 e. The van der Waals surface area contributed by atoms with Crippen LogP contribution in [-0.4, -0.2) is 65.9 Å². The zero-order valence-electron chi connectivity index (χ0n) is 22.2. The number of halogens is 1. The van der Waals surface area contributed by atoms with Gasteiger partial charge in [0.15, 0.2) is 5.82 Å². The minimum atomic E-state index is -0.773. The van der Waals surface area contributed by atoms with Gasteiger partial charge in [-0.3, -0.25) is 4.79 Å². The standard InChI is InChI=1S/C29H30FN5O5/c1-29(16-32-26(36)20-6-4-3-5-7-20)17-39-27(40-18-29)25-34-23(19-8-10-21(30)11-9-19)24(35-25)22-12-13-31-28(33-22)38-15-14-37-2/h3-13,27H,14-18H2,1-2H3,(H,32,36)(H,34,35). The predicted octanol–water partition coefficient (Wildman–Crippen LogP) is 4.18. The van der Waals surface area contributed by atoms with Crippen LogP contribution in [0, 0.1) is 11.2 Å². The number of aromatic amines is 1. The maximum absolute atomic E-state index is 13.7. The number of carbonyl (C=O) groups is 1. The molecule has 0 radical (unpaired) electrons. The Hall–Kier alpha value is -4.19. The number of hydrogen-bond acceptors (Lipinski definition) is 8. The van der Waals surface area contributed by atoms with E-state index in [2.05, 4.69) is 20.3 Å². The summed E-state index contributed by atoms with van der Waals surface area (Å²) in [6.45, 7) is 3.73. The molecule has 1 aliphatic rings. The van der Waals surface area contributed by atoms with E-state index in [1.165, 1.54) is 12.1 Å². The molecule has 1 amide bonds. The average molecular weight is 548 g/mol. The molecule has 5 rings (SSSR count). The van der Waals surface area contributed by atoms with E-state index in [-0.39, 0.29) is 17.7 Å². The summed E-state index contributed by atoms with van der Waals surface area (Å²) in [5.41, 5.74) is 2.50. The van der Waals surface area contributed by atoms with E-state index in [0.29, 0.717) is 67.0 Å². The van der Waals surface area contributed by atoms with Crippen LogP contribution < -0.4 is 10.1 Å². The molecule has 0 spiro atoms. The highest BCUT2D eigenvalue weighted by Gasteiger charge is 2.35. The first-order valence-corrected chi connectivity index (χ1v) is 12.8. The number of nitrogens with zero attached hydrogens (tertiary/aromatic N) is 3. The van der Waals surface area contributed by atoms with Gasteiger partial charge in [0.1, 0.15) is 12.4 Å². The molecule has 3 heterocycles. The Bertz CT molecular complexity index is 1420. The van der Waals surface area contributed by atoms with E-state index in [1.807, 2.05) is 25.1 Å². The van der Waals surface area contributed by atoms with E-state index in [1.54, 1.807) is 43.6 Å². The van der Waals surface area contributed by atoms with Crippen molar-refractivity contribution in [3.05, 3.63) is 84.1 Å². The summed E-state index contributed by atoms with van der Waals surface area (Å²) in [6.07, 6.45) is 0.812. The van der Waals surface area contributed by atoms with Crippen molar-refractivity contribution in [2.45, 2.75) is 13.2 Å². The Morgan fingerprint density at radius 2 is 1.82 bits per heavy atom. The van der Waals surface area contributed by atoms with Gasteiger partial charge in [0.25, 0.3) is 5.91 Å². The number of rotatable bonds is 10. The van der Waals surface area contributed by atoms with Crippen LogP contribution in [0.4, 0.5) is 4.39 Å². The SMILES string of the molecule is COCCOc1nccc(-c2[nH]c(C3OCC(C)(CNC(=O)c4ccccc4)CO3)nc2-c2ccc(F)cc2)n1. The van der Waals surface area contributed by atoms with Crippen molar-refractivity contribution in [2.75, 3.05) is 40.1 Å². The van der Waals surface area contributed by atoms with Crippen LogP contribution >= 0.6 is 0 Å². The molecule has 10 nitrogen and oxygen atoms in total. The van der Waals surface area contributed by atoms with Crippen LogP contribution in [0.15, 0.2) is 66.9 Å². The molecule has 40 heavy (non-hydrogen) atoms. The Labute approximate surface area is 230 Å². The van der Waals surface area contributed by atoms with E-state index >= 15 is 0 Å². The predicted molar refractivity (Wildman–Crippen MR) is 144 cm³/mol. The third-order valence-electron chi connectivity index (χ3n) is 6.35. The maximum Gasteiger partial charge on any atom is 0.317 e. The maximum atomic E-state index is 13.7. The van der Waals surface area contributed by atoms with Crippen LogP contribution in [-0.2, 0) is 14.2 Å². The lowest BCUT2D eigenvalue weighted by atomic mass is 9.92. The molecule has 208 valence electrons. The minimum absolute atomic E-state index is 0.154. The fourth-order valence-electron chi connectivity index (χ4n) is 4.16. The second kappa shape index (κ2) is 12.3. The van der Waals surface area contributed by atoms with Crippen LogP contribution in [0.3, 0.4) is 0 Å². The van der Waals surface area contributed by atoms with E-state index in [0.717, 1.165) is 0 Å². The number of nitrogens with one attached hydrogen (secondary N) is 2. The molecular weight excluding hydrogens is 517 g/mol. The summed E-state index contributed by atoms with van der Waals surface area (Å²) in [5.74, 6) is -0.0707. The Kier molecular flexibility index (Phi) is 8.44. The number of methoxy groups -OCH3 is 1. The first-order valence-electron chi connectivity index (χ1n) is 12.8. The van der Waals surface area contributed by atoms with Gasteiger partial charge in [-0.05, 0) is 42.5 Å². The summed E-state index contributed by atoms with van der Waals surface area (Å²) >= 11 is 0. The molecule has 0 saturated carbocycles. The highest BCUT2D eigenvalue weighted by molar-refractivity contribution is 5.94. The van der Waals surface area contributed by atoms with Crippen LogP contribution in [0.5, 0.6) is 6.01 Å². The Morgan fingerprint density at radius 3 is 2.55 bits per heavy atom. The molecule has 0 aliphatic carbocycles. The lowest BCUT2D eigenvalue weighted by Crippen LogP contribution is -2.45. The van der Waals surface area contributed by atoms with Crippen molar-refractivity contribution < 1.29 is 28.1 Å². The van der Waals surface area contributed by atoms with E-state index in [4.69, 9.17) is 23.9 Å². The van der Waals surface area contributed by atoms with E-state index in [9.17, 15) is 9.18 Å². The Morgan fingerprint density at radius 1 is 1.07 bits per heavy atom. The summed E-state index contributed by atoms with van der Waals surface area (Å²) in [4.78, 5) is 29.2. The first-order chi connectivity index (χ1) is 19.4. The van der Waals surface area contributed by atoms with Gasteiger partial charge in [-0.1, -0.05) is 25.1 Å². The lowest BCUT2D eigenvalue weighted by molar-refractivity contribution is -0.231. The summed E-state index contributed by atoms with van der Waals surface area (Å²) in [7, 11) is 1.58. The monoisotopic (exact) mass is 547 g/mol. The topological polar surface area (TPSA) is 120 Å². The van der Waals surface area contributed by atoms with Crippen molar-refractivity contribution in [3.8, 4) is 28.7 Å². The third-order valence-corrected chi connectivity index (χ3v) is 6.35. The highest BCUT2D eigenvalue weighted by atomic mass is 19.1. The van der Waals surface area contributed by atoms with Gasteiger partial charge in [0, 0.05) is 36.4 Å². The molecule has 2 aromatic heterocycles. The molecule has 4 aromatic rings. The number of benzene rings is 2. The molecule has 11 heteroatoms. The van der Waals surface area contributed by atoms with Gasteiger partial charge in [0.05, 0.1) is 36.9 Å². The molecule has 2 aromatic carbocycles. The second-order valence-electron chi connectivity index (χ2n) is 9.73. The summed E-state index contributed by atoms with van der Waals surface area (Å²) < 4.78 is 36.4. The van der Waals surface area contributed by atoms with Crippen LogP contribution in [0.1, 0.15) is 29.4 Å². The fourth-order valence-corrected chi connectivity index (χ4v) is 4.16. The second-order valence-corrected chi connectivity index (χ2v) is 9.73. The molecule has 0 unspecified atom stereocenters. The fraction of sp³-hybridized carbons (Fsp3) is 0.310. The molecule has 1 saturated heterocycles. The summed E-state index contributed by atoms with van der Waals surface area (Å²) in [5, 5.41) is 2.96. The zero-order valence-corrected chi connectivity index (χ0v) is 22.2. The molecule has 1 fully saturated rings. The van der Waals surface area contributed by atoms with Crippen LogP contribution in [0.2, 0.25) is 0 Å². The normalized spacial score (nSPS) is 18.8. The zero-order chi connectivity index (χ0) is 28.0. The number of imidazole rings is 1. The van der Waals surface area contributed by atoms with E-state index < -0.39 is 11.7 Å². The van der Waals surface area contributed by atoms with Gasteiger partial charge in [-0.2, -0.15) is 4.98 Å². The lowest BCUT2D eigenvalue weighted by Gasteiger charge is -2.36. The Balaban J connectivity index is 1.33. The number of carbonyl (C=O) groups excluding carboxylic acids is 1. The third kappa shape index (κ3) is 6.50. The molecule has 0 bridgehead atoms. The molecule has 0 atom stereocenters. The number of amides is 1. The summed E-state index contributed by atoms with van der Waals surface area (Å²) in [6, 6.07) is 17.0. The van der Waals surface area contributed by atoms with Crippen molar-refractivity contribution in [1.82, 2.24) is 25.3 Å². The first kappa shape index (κ1) is 27.4. The number of H-pyrrole nitrogens is 1. The van der Waals surface area contributed by atoms with Gasteiger partial charge < -0.3 is 29.2 Å². The van der Waals surface area contributed by atoms with Crippen molar-refractivity contribution in [1.29, 1.82) is 0 Å². The van der Waals surface area contributed by atoms with Gasteiger partial charge >= 0.3 is 6.01 Å². The highest BCUT2D eigenvalue weighted by Crippen LogP contribution is 2.35. The average Bonchev–Trinajstić information content (AvgIpc) is 3.43. The molecule has 2 N–H and O–H groups in total. The molecule has 1 aliphatic heterocycles. The largest absolute Gasteiger partial charge is 0.461 e. The number of ether oxygens (including phenoxy) is 4.